The van der Waals surface area contributed by atoms with Crippen molar-refractivity contribution >= 4 is 34.5 Å². The molecule has 118 valence electrons. The van der Waals surface area contributed by atoms with Crippen LogP contribution in [0.1, 0.15) is 17.5 Å². The van der Waals surface area contributed by atoms with Crippen molar-refractivity contribution in [2.45, 2.75) is 19.8 Å². The molecule has 0 radical (unpaired) electrons. The Morgan fingerprint density at radius 2 is 2.18 bits per heavy atom. The van der Waals surface area contributed by atoms with Crippen molar-refractivity contribution in [1.29, 1.82) is 0 Å². The summed E-state index contributed by atoms with van der Waals surface area (Å²) in [4.78, 5) is 25.4. The number of carboxylic acid groups (broad SMARTS) is 1. The standard InChI is InChI=1S/C16H20N2O3S/c1-11-3-2-4-13-12(9-18-16(11)13)5-6-14(19)17-7-8-22-10-15(20)21/h2-4,9,18H,5-8,10H2,1H3,(H,17,19)(H,20,21). The van der Waals surface area contributed by atoms with Gasteiger partial charge < -0.3 is 15.4 Å². The van der Waals surface area contributed by atoms with Crippen LogP contribution in [-0.2, 0) is 16.0 Å². The summed E-state index contributed by atoms with van der Waals surface area (Å²) in [5.74, 6) is -0.140. The molecule has 22 heavy (non-hydrogen) atoms. The third-order valence-electron chi connectivity index (χ3n) is 3.42. The van der Waals surface area contributed by atoms with Crippen LogP contribution >= 0.6 is 11.8 Å². The molecule has 0 aliphatic heterocycles. The topological polar surface area (TPSA) is 82.2 Å². The van der Waals surface area contributed by atoms with E-state index in [1.807, 2.05) is 12.3 Å². The normalized spacial score (nSPS) is 10.8. The van der Waals surface area contributed by atoms with Crippen LogP contribution in [0.3, 0.4) is 0 Å². The zero-order valence-electron chi connectivity index (χ0n) is 12.5. The number of H-pyrrole nitrogens is 1. The summed E-state index contributed by atoms with van der Waals surface area (Å²) in [7, 11) is 0. The van der Waals surface area contributed by atoms with Crippen LogP contribution in [0, 0.1) is 6.92 Å². The molecule has 1 amide bonds. The molecule has 0 spiro atoms. The van der Waals surface area contributed by atoms with Gasteiger partial charge in [0.25, 0.3) is 0 Å². The molecule has 2 rings (SSSR count). The minimum Gasteiger partial charge on any atom is -0.481 e. The van der Waals surface area contributed by atoms with E-state index in [1.165, 1.54) is 22.7 Å². The lowest BCUT2D eigenvalue weighted by Gasteiger charge is -2.04. The number of benzene rings is 1. The van der Waals surface area contributed by atoms with Crippen molar-refractivity contribution in [2.75, 3.05) is 18.1 Å². The Labute approximate surface area is 133 Å². The first kappa shape index (κ1) is 16.4. The molecule has 0 unspecified atom stereocenters. The van der Waals surface area contributed by atoms with E-state index in [0.29, 0.717) is 25.1 Å². The number of aliphatic carboxylic acids is 1. The first-order valence-corrected chi connectivity index (χ1v) is 8.35. The molecule has 0 saturated heterocycles. The molecule has 1 aromatic carbocycles. The minimum atomic E-state index is -0.828. The van der Waals surface area contributed by atoms with Crippen LogP contribution in [0.25, 0.3) is 10.9 Å². The molecular weight excluding hydrogens is 300 g/mol. The van der Waals surface area contributed by atoms with Gasteiger partial charge in [0.15, 0.2) is 0 Å². The lowest BCUT2D eigenvalue weighted by Crippen LogP contribution is -2.26. The molecule has 0 aliphatic rings. The van der Waals surface area contributed by atoms with Gasteiger partial charge in [-0.25, -0.2) is 0 Å². The van der Waals surface area contributed by atoms with Gasteiger partial charge >= 0.3 is 5.97 Å². The number of hydrogen-bond acceptors (Lipinski definition) is 3. The highest BCUT2D eigenvalue weighted by atomic mass is 32.2. The molecule has 0 saturated carbocycles. The second-order valence-corrected chi connectivity index (χ2v) is 6.21. The third kappa shape index (κ3) is 4.53. The lowest BCUT2D eigenvalue weighted by atomic mass is 10.1. The van der Waals surface area contributed by atoms with E-state index >= 15 is 0 Å². The number of nitrogens with one attached hydrogen (secondary N) is 2. The second-order valence-electron chi connectivity index (χ2n) is 5.11. The fourth-order valence-corrected chi connectivity index (χ4v) is 2.89. The van der Waals surface area contributed by atoms with Gasteiger partial charge in [0.1, 0.15) is 0 Å². The van der Waals surface area contributed by atoms with Crippen LogP contribution in [0.15, 0.2) is 24.4 Å². The van der Waals surface area contributed by atoms with E-state index in [1.54, 1.807) is 0 Å². The van der Waals surface area contributed by atoms with E-state index in [0.717, 1.165) is 11.1 Å². The van der Waals surface area contributed by atoms with Gasteiger partial charge in [-0.1, -0.05) is 18.2 Å². The van der Waals surface area contributed by atoms with Crippen molar-refractivity contribution in [1.82, 2.24) is 10.3 Å². The van der Waals surface area contributed by atoms with E-state index in [9.17, 15) is 9.59 Å². The largest absolute Gasteiger partial charge is 0.481 e. The van der Waals surface area contributed by atoms with Crippen molar-refractivity contribution in [2.24, 2.45) is 0 Å². The summed E-state index contributed by atoms with van der Waals surface area (Å²) >= 11 is 1.30. The van der Waals surface area contributed by atoms with Crippen molar-refractivity contribution in [3.63, 3.8) is 0 Å². The number of amides is 1. The predicted octanol–water partition coefficient (Wildman–Crippen LogP) is 2.34. The van der Waals surface area contributed by atoms with E-state index in [4.69, 9.17) is 5.11 Å². The average molecular weight is 320 g/mol. The molecule has 0 aliphatic carbocycles. The van der Waals surface area contributed by atoms with E-state index in [2.05, 4.69) is 29.4 Å². The third-order valence-corrected chi connectivity index (χ3v) is 4.37. The quantitative estimate of drug-likeness (QED) is 0.652. The highest BCUT2D eigenvalue weighted by molar-refractivity contribution is 7.99. The molecule has 0 atom stereocenters. The highest BCUT2D eigenvalue weighted by Crippen LogP contribution is 2.22. The number of carboxylic acids is 1. The summed E-state index contributed by atoms with van der Waals surface area (Å²) in [5, 5.41) is 12.5. The molecule has 1 heterocycles. The van der Waals surface area contributed by atoms with Gasteiger partial charge in [-0.05, 0) is 24.5 Å². The van der Waals surface area contributed by atoms with Crippen LogP contribution in [0.4, 0.5) is 0 Å². The lowest BCUT2D eigenvalue weighted by molar-refractivity contribution is -0.133. The van der Waals surface area contributed by atoms with Gasteiger partial charge in [0.05, 0.1) is 5.75 Å². The summed E-state index contributed by atoms with van der Waals surface area (Å²) in [5.41, 5.74) is 3.47. The van der Waals surface area contributed by atoms with Crippen LogP contribution < -0.4 is 5.32 Å². The Morgan fingerprint density at radius 1 is 1.36 bits per heavy atom. The number of aromatic nitrogens is 1. The maximum Gasteiger partial charge on any atom is 0.313 e. The van der Waals surface area contributed by atoms with Gasteiger partial charge in [0, 0.05) is 35.8 Å². The highest BCUT2D eigenvalue weighted by Gasteiger charge is 2.08. The summed E-state index contributed by atoms with van der Waals surface area (Å²) in [6.07, 6.45) is 3.09. The number of rotatable bonds is 8. The fourth-order valence-electron chi connectivity index (χ4n) is 2.33. The minimum absolute atomic E-state index is 0.00192. The maximum absolute atomic E-state index is 11.8. The Kier molecular flexibility index (Phi) is 5.89. The summed E-state index contributed by atoms with van der Waals surface area (Å²) in [6, 6.07) is 6.15. The number of carbonyl (C=O) groups excluding carboxylic acids is 1. The maximum atomic E-state index is 11.8. The van der Waals surface area contributed by atoms with Gasteiger partial charge in [0.2, 0.25) is 5.91 Å². The second kappa shape index (κ2) is 7.89. The van der Waals surface area contributed by atoms with E-state index < -0.39 is 5.97 Å². The van der Waals surface area contributed by atoms with Crippen molar-refractivity contribution < 1.29 is 14.7 Å². The van der Waals surface area contributed by atoms with Crippen molar-refractivity contribution in [3.05, 3.63) is 35.5 Å². The van der Waals surface area contributed by atoms with Gasteiger partial charge in [-0.2, -0.15) is 0 Å². The first-order chi connectivity index (χ1) is 10.6. The van der Waals surface area contributed by atoms with Crippen LogP contribution in [-0.4, -0.2) is 40.0 Å². The Hall–Kier alpha value is -1.95. The van der Waals surface area contributed by atoms with Gasteiger partial charge in [-0.3, -0.25) is 9.59 Å². The molecule has 1 aromatic heterocycles. The average Bonchev–Trinajstić information content (AvgIpc) is 2.89. The molecule has 3 N–H and O–H groups in total. The monoisotopic (exact) mass is 320 g/mol. The number of carbonyl (C=O) groups is 2. The number of fused-ring (bicyclic) bond motifs is 1. The van der Waals surface area contributed by atoms with Crippen LogP contribution in [0.2, 0.25) is 0 Å². The molecule has 0 fully saturated rings. The number of para-hydroxylation sites is 1. The smallest absolute Gasteiger partial charge is 0.313 e. The predicted molar refractivity (Wildman–Crippen MR) is 89.3 cm³/mol. The molecule has 0 bridgehead atoms. The SMILES string of the molecule is Cc1cccc2c(CCC(=O)NCCSCC(=O)O)c[nH]c12. The zero-order valence-corrected chi connectivity index (χ0v) is 13.3. The zero-order chi connectivity index (χ0) is 15.9. The molecular formula is C16H20N2O3S. The number of aromatic amines is 1. The fraction of sp³-hybridized carbons (Fsp3) is 0.375. The Bertz CT molecular complexity index is 666. The summed E-state index contributed by atoms with van der Waals surface area (Å²) in [6.45, 7) is 2.56. The number of aryl methyl sites for hydroxylation is 2. The number of hydrogen-bond donors (Lipinski definition) is 3. The molecule has 2 aromatic rings. The Balaban J connectivity index is 1.76. The molecule has 5 nitrogen and oxygen atoms in total. The first-order valence-electron chi connectivity index (χ1n) is 7.19. The summed E-state index contributed by atoms with van der Waals surface area (Å²) < 4.78 is 0. The van der Waals surface area contributed by atoms with Gasteiger partial charge in [-0.15, -0.1) is 11.8 Å². The van der Waals surface area contributed by atoms with Crippen LogP contribution in [0.5, 0.6) is 0 Å². The Morgan fingerprint density at radius 3 is 2.95 bits per heavy atom. The van der Waals surface area contributed by atoms with E-state index in [-0.39, 0.29) is 11.7 Å². The molecule has 6 heteroatoms. The van der Waals surface area contributed by atoms with Crippen molar-refractivity contribution in [3.8, 4) is 0 Å². The number of thioether (sulfide) groups is 1.